The quantitative estimate of drug-likeness (QED) is 0.670. The van der Waals surface area contributed by atoms with Crippen molar-refractivity contribution in [1.82, 2.24) is 10.3 Å². The molecule has 0 unspecified atom stereocenters. The number of nitrogens with zero attached hydrogens (tertiary/aromatic N) is 1. The maximum absolute atomic E-state index is 8.67. The highest BCUT2D eigenvalue weighted by Gasteiger charge is 1.96. The van der Waals surface area contributed by atoms with E-state index in [1.165, 1.54) is 11.1 Å². The van der Waals surface area contributed by atoms with Crippen molar-refractivity contribution < 1.29 is 22.3 Å². The van der Waals surface area contributed by atoms with Crippen LogP contribution in [0.5, 0.6) is 5.75 Å². The van der Waals surface area contributed by atoms with Crippen molar-refractivity contribution in [3.05, 3.63) is 59.9 Å². The van der Waals surface area contributed by atoms with Crippen molar-refractivity contribution in [2.24, 2.45) is 0 Å². The summed E-state index contributed by atoms with van der Waals surface area (Å²) in [6.07, 6.45) is 3.63. The van der Waals surface area contributed by atoms with E-state index in [1.54, 1.807) is 6.20 Å². The highest BCUT2D eigenvalue weighted by atomic mass is 35.5. The number of benzene rings is 1. The number of hydrogen-bond donors (Lipinski definition) is 2. The molecule has 2 N–H and O–H groups in total. The second-order valence-corrected chi connectivity index (χ2v) is 4.18. The van der Waals surface area contributed by atoms with Gasteiger partial charge in [-0.25, -0.2) is 0 Å². The minimum Gasteiger partial charge on any atom is -1.00 e. The van der Waals surface area contributed by atoms with E-state index in [0.29, 0.717) is 6.61 Å². The Morgan fingerprint density at radius 3 is 2.45 bits per heavy atom. The zero-order valence-electron chi connectivity index (χ0n) is 11.1. The zero-order valence-corrected chi connectivity index (χ0v) is 11.9. The molecule has 0 radical (unpaired) electrons. The van der Waals surface area contributed by atoms with Gasteiger partial charge in [-0.05, 0) is 29.3 Å². The third-order valence-corrected chi connectivity index (χ3v) is 2.66. The van der Waals surface area contributed by atoms with E-state index in [2.05, 4.69) is 10.3 Å². The van der Waals surface area contributed by atoms with Gasteiger partial charge in [-0.2, -0.15) is 0 Å². The molecule has 1 heterocycles. The van der Waals surface area contributed by atoms with Gasteiger partial charge in [-0.1, -0.05) is 18.2 Å². The van der Waals surface area contributed by atoms with E-state index >= 15 is 0 Å². The Bertz CT molecular complexity index is 477. The van der Waals surface area contributed by atoms with Gasteiger partial charge >= 0.3 is 0 Å². The lowest BCUT2D eigenvalue weighted by atomic mass is 10.2. The first-order valence-corrected chi connectivity index (χ1v) is 6.31. The molecule has 0 spiro atoms. The highest BCUT2D eigenvalue weighted by molar-refractivity contribution is 5.27. The normalized spacial score (nSPS) is 9.85. The number of aliphatic hydroxyl groups is 1. The lowest BCUT2D eigenvalue weighted by molar-refractivity contribution is -0.00000514. The molecule has 0 saturated carbocycles. The van der Waals surface area contributed by atoms with Gasteiger partial charge in [0.2, 0.25) is 0 Å². The monoisotopic (exact) mass is 293 g/mol. The largest absolute Gasteiger partial charge is 1.00 e. The molecule has 108 valence electrons. The summed E-state index contributed by atoms with van der Waals surface area (Å²) in [7, 11) is 0. The fourth-order valence-corrected chi connectivity index (χ4v) is 1.72. The van der Waals surface area contributed by atoms with Gasteiger partial charge in [0.05, 0.1) is 6.61 Å². The minimum atomic E-state index is 0. The summed E-state index contributed by atoms with van der Waals surface area (Å²) in [6, 6.07) is 11.8. The number of nitrogens with one attached hydrogen (secondary N) is 1. The summed E-state index contributed by atoms with van der Waals surface area (Å²) in [6.45, 7) is 1.97. The number of pyridine rings is 1. The second-order valence-electron chi connectivity index (χ2n) is 4.18. The van der Waals surface area contributed by atoms with Crippen LogP contribution in [0.1, 0.15) is 11.1 Å². The summed E-state index contributed by atoms with van der Waals surface area (Å²) in [5.41, 5.74) is 2.37. The van der Waals surface area contributed by atoms with E-state index < -0.39 is 0 Å². The second kappa shape index (κ2) is 9.31. The summed E-state index contributed by atoms with van der Waals surface area (Å²) in [5.74, 6) is 0.782. The highest BCUT2D eigenvalue weighted by Crippen LogP contribution is 2.12. The molecule has 0 saturated heterocycles. The van der Waals surface area contributed by atoms with Gasteiger partial charge in [-0.15, -0.1) is 0 Å². The van der Waals surface area contributed by atoms with Gasteiger partial charge in [0.25, 0.3) is 0 Å². The Morgan fingerprint density at radius 1 is 1.05 bits per heavy atom. The molecule has 4 nitrogen and oxygen atoms in total. The van der Waals surface area contributed by atoms with Gasteiger partial charge in [-0.3, -0.25) is 4.98 Å². The molecule has 1 aromatic carbocycles. The molecule has 0 aliphatic carbocycles. The molecule has 0 atom stereocenters. The number of hydrogen-bond acceptors (Lipinski definition) is 4. The number of aliphatic hydroxyl groups excluding tert-OH is 1. The lowest BCUT2D eigenvalue weighted by Gasteiger charge is -2.07. The Kier molecular flexibility index (Phi) is 7.65. The standard InChI is InChI=1S/C15H18N2O2.ClH/c18-8-9-19-15-5-3-13(4-6-15)10-17-12-14-2-1-7-16-11-14;/h1-7,11,17-18H,8-10,12H2;1H/p-1. The fourth-order valence-electron chi connectivity index (χ4n) is 1.72. The van der Waals surface area contributed by atoms with Crippen LogP contribution in [0, 0.1) is 0 Å². The average molecular weight is 294 g/mol. The molecular formula is C15H18ClN2O2-. The molecule has 1 aromatic heterocycles. The Balaban J connectivity index is 0.00000200. The van der Waals surface area contributed by atoms with Crippen LogP contribution in [0.4, 0.5) is 0 Å². The van der Waals surface area contributed by atoms with E-state index in [1.807, 2.05) is 42.6 Å². The SMILES string of the molecule is OCCOc1ccc(CNCc2cccnc2)cc1.[Cl-]. The number of aromatic nitrogens is 1. The first kappa shape index (κ1) is 16.4. The van der Waals surface area contributed by atoms with Crippen molar-refractivity contribution >= 4 is 0 Å². The van der Waals surface area contributed by atoms with Crippen molar-refractivity contribution in [1.29, 1.82) is 0 Å². The van der Waals surface area contributed by atoms with Crippen LogP contribution in [0.25, 0.3) is 0 Å². The van der Waals surface area contributed by atoms with Crippen LogP contribution < -0.4 is 22.5 Å². The number of rotatable bonds is 7. The van der Waals surface area contributed by atoms with E-state index in [4.69, 9.17) is 9.84 Å². The van der Waals surface area contributed by atoms with Gasteiger partial charge in [0, 0.05) is 25.5 Å². The predicted octanol–water partition coefficient (Wildman–Crippen LogP) is -1.25. The molecule has 0 amide bonds. The summed E-state index contributed by atoms with van der Waals surface area (Å²) in [5, 5.41) is 12.0. The molecule has 2 aromatic rings. The van der Waals surface area contributed by atoms with Gasteiger partial charge in [0.15, 0.2) is 0 Å². The summed E-state index contributed by atoms with van der Waals surface area (Å²) in [4.78, 5) is 4.07. The first-order chi connectivity index (χ1) is 9.38. The van der Waals surface area contributed by atoms with Crippen LogP contribution in [0.2, 0.25) is 0 Å². The topological polar surface area (TPSA) is 54.4 Å². The van der Waals surface area contributed by atoms with E-state index in [9.17, 15) is 0 Å². The van der Waals surface area contributed by atoms with Crippen LogP contribution >= 0.6 is 0 Å². The van der Waals surface area contributed by atoms with Crippen LogP contribution in [-0.2, 0) is 13.1 Å². The maximum atomic E-state index is 8.67. The first-order valence-electron chi connectivity index (χ1n) is 6.31. The van der Waals surface area contributed by atoms with Crippen molar-refractivity contribution in [3.63, 3.8) is 0 Å². The molecule has 5 heteroatoms. The van der Waals surface area contributed by atoms with E-state index in [0.717, 1.165) is 18.8 Å². The molecule has 20 heavy (non-hydrogen) atoms. The van der Waals surface area contributed by atoms with Crippen LogP contribution in [0.3, 0.4) is 0 Å². The predicted molar refractivity (Wildman–Crippen MR) is 73.8 cm³/mol. The Labute approximate surface area is 125 Å². The van der Waals surface area contributed by atoms with Gasteiger partial charge < -0.3 is 27.6 Å². The number of ether oxygens (including phenoxy) is 1. The summed E-state index contributed by atoms with van der Waals surface area (Å²) >= 11 is 0. The minimum absolute atomic E-state index is 0. The van der Waals surface area contributed by atoms with E-state index in [-0.39, 0.29) is 19.0 Å². The lowest BCUT2D eigenvalue weighted by Crippen LogP contribution is -3.00. The Hall–Kier alpha value is -1.62. The van der Waals surface area contributed by atoms with Crippen molar-refractivity contribution in [2.45, 2.75) is 13.1 Å². The summed E-state index contributed by atoms with van der Waals surface area (Å²) < 4.78 is 5.31. The molecule has 2 rings (SSSR count). The zero-order chi connectivity index (χ0) is 13.3. The molecule has 0 fully saturated rings. The average Bonchev–Trinajstić information content (AvgIpc) is 2.47. The van der Waals surface area contributed by atoms with Crippen LogP contribution in [-0.4, -0.2) is 23.3 Å². The fraction of sp³-hybridized carbons (Fsp3) is 0.267. The van der Waals surface area contributed by atoms with Crippen molar-refractivity contribution in [3.8, 4) is 5.75 Å². The Morgan fingerprint density at radius 2 is 1.80 bits per heavy atom. The maximum Gasteiger partial charge on any atom is 0.119 e. The smallest absolute Gasteiger partial charge is 0.119 e. The molecule has 0 aliphatic heterocycles. The third-order valence-electron chi connectivity index (χ3n) is 2.66. The van der Waals surface area contributed by atoms with Crippen molar-refractivity contribution in [2.75, 3.05) is 13.2 Å². The number of halogens is 1. The van der Waals surface area contributed by atoms with Gasteiger partial charge in [0.1, 0.15) is 12.4 Å². The molecule has 0 aliphatic rings. The molecular weight excluding hydrogens is 276 g/mol. The van der Waals surface area contributed by atoms with Crippen LogP contribution in [0.15, 0.2) is 48.8 Å². The molecule has 0 bridgehead atoms. The third kappa shape index (κ3) is 5.57.